The van der Waals surface area contributed by atoms with E-state index in [0.29, 0.717) is 24.3 Å². The second kappa shape index (κ2) is 8.97. The fourth-order valence-corrected chi connectivity index (χ4v) is 4.01. The molecule has 0 aliphatic rings. The van der Waals surface area contributed by atoms with Crippen LogP contribution < -0.4 is 4.74 Å². The summed E-state index contributed by atoms with van der Waals surface area (Å²) in [7, 11) is 3.46. The van der Waals surface area contributed by atoms with Crippen molar-refractivity contribution in [2.75, 3.05) is 14.2 Å². The van der Waals surface area contributed by atoms with Crippen LogP contribution in [0, 0.1) is 0 Å². The van der Waals surface area contributed by atoms with Gasteiger partial charge in [0.1, 0.15) is 11.4 Å². The van der Waals surface area contributed by atoms with E-state index in [1.165, 1.54) is 0 Å². The van der Waals surface area contributed by atoms with Gasteiger partial charge in [-0.1, -0.05) is 42.5 Å². The van der Waals surface area contributed by atoms with Crippen LogP contribution in [0.3, 0.4) is 0 Å². The largest absolute Gasteiger partial charge is 0.497 e. The zero-order chi connectivity index (χ0) is 20.9. The molecule has 0 saturated carbocycles. The number of hydrogen-bond donors (Lipinski definition) is 0. The molecule has 0 radical (unpaired) electrons. The maximum Gasteiger partial charge on any atom is 0.257 e. The summed E-state index contributed by atoms with van der Waals surface area (Å²) >= 11 is 1.63. The van der Waals surface area contributed by atoms with Crippen LogP contribution in [0.4, 0.5) is 0 Å². The van der Waals surface area contributed by atoms with Gasteiger partial charge in [-0.2, -0.15) is 16.4 Å². The Kier molecular flexibility index (Phi) is 5.95. The molecule has 2 aromatic carbocycles. The summed E-state index contributed by atoms with van der Waals surface area (Å²) in [5.41, 5.74) is 4.34. The standard InChI is InChI=1S/C24H23N3O2S/c1-26(14-19-11-12-30-17-19)24(28)22-16-27(15-18-7-4-3-5-8-18)25-23(22)20-9-6-10-21(13-20)29-2/h3-13,16-17H,14-15H2,1-2H3. The van der Waals surface area contributed by atoms with Crippen LogP contribution in [0.2, 0.25) is 0 Å². The van der Waals surface area contributed by atoms with E-state index < -0.39 is 0 Å². The van der Waals surface area contributed by atoms with Crippen molar-refractivity contribution in [1.29, 1.82) is 0 Å². The highest BCUT2D eigenvalue weighted by Gasteiger charge is 2.22. The SMILES string of the molecule is COc1cccc(-c2nn(Cc3ccccc3)cc2C(=O)N(C)Cc2ccsc2)c1. The molecule has 152 valence electrons. The Morgan fingerprint density at radius 1 is 1.10 bits per heavy atom. The molecule has 0 atom stereocenters. The minimum Gasteiger partial charge on any atom is -0.497 e. The molecule has 0 unspecified atom stereocenters. The summed E-state index contributed by atoms with van der Waals surface area (Å²) in [6.45, 7) is 1.16. The number of hydrogen-bond acceptors (Lipinski definition) is 4. The van der Waals surface area contributed by atoms with E-state index in [0.717, 1.165) is 22.4 Å². The topological polar surface area (TPSA) is 47.4 Å². The van der Waals surface area contributed by atoms with E-state index in [2.05, 4.69) is 17.5 Å². The van der Waals surface area contributed by atoms with Crippen molar-refractivity contribution in [3.63, 3.8) is 0 Å². The zero-order valence-corrected chi connectivity index (χ0v) is 17.8. The number of ether oxygens (including phenoxy) is 1. The minimum absolute atomic E-state index is 0.0571. The lowest BCUT2D eigenvalue weighted by Gasteiger charge is -2.16. The lowest BCUT2D eigenvalue weighted by Crippen LogP contribution is -2.26. The molecular formula is C24H23N3O2S. The van der Waals surface area contributed by atoms with E-state index in [9.17, 15) is 4.79 Å². The van der Waals surface area contributed by atoms with Crippen LogP contribution in [0.15, 0.2) is 77.6 Å². The summed E-state index contributed by atoms with van der Waals surface area (Å²) in [4.78, 5) is 15.1. The zero-order valence-electron chi connectivity index (χ0n) is 17.0. The number of nitrogens with zero attached hydrogens (tertiary/aromatic N) is 3. The third-order valence-electron chi connectivity index (χ3n) is 4.87. The lowest BCUT2D eigenvalue weighted by molar-refractivity contribution is 0.0786. The first-order valence-electron chi connectivity index (χ1n) is 9.66. The summed E-state index contributed by atoms with van der Waals surface area (Å²) in [6.07, 6.45) is 1.84. The number of methoxy groups -OCH3 is 1. The smallest absolute Gasteiger partial charge is 0.257 e. The summed E-state index contributed by atoms with van der Waals surface area (Å²) in [5, 5.41) is 8.85. The number of rotatable bonds is 7. The molecule has 5 nitrogen and oxygen atoms in total. The van der Waals surface area contributed by atoms with E-state index in [4.69, 9.17) is 9.84 Å². The van der Waals surface area contributed by atoms with Crippen molar-refractivity contribution in [3.8, 4) is 17.0 Å². The van der Waals surface area contributed by atoms with Crippen LogP contribution in [-0.4, -0.2) is 34.7 Å². The van der Waals surface area contributed by atoms with E-state index in [-0.39, 0.29) is 5.91 Å². The van der Waals surface area contributed by atoms with Gasteiger partial charge in [-0.3, -0.25) is 9.48 Å². The maximum atomic E-state index is 13.3. The quantitative estimate of drug-likeness (QED) is 0.428. The van der Waals surface area contributed by atoms with E-state index in [1.54, 1.807) is 23.3 Å². The van der Waals surface area contributed by atoms with E-state index >= 15 is 0 Å². The Hall–Kier alpha value is -3.38. The van der Waals surface area contributed by atoms with Gasteiger partial charge in [0.15, 0.2) is 0 Å². The van der Waals surface area contributed by atoms with E-state index in [1.807, 2.05) is 71.8 Å². The first-order valence-corrected chi connectivity index (χ1v) is 10.6. The molecule has 0 aliphatic heterocycles. The highest BCUT2D eigenvalue weighted by atomic mass is 32.1. The average Bonchev–Trinajstić information content (AvgIpc) is 3.44. The molecule has 1 amide bonds. The van der Waals surface area contributed by atoms with Gasteiger partial charge in [-0.25, -0.2) is 0 Å². The number of carbonyl (C=O) groups excluding carboxylic acids is 1. The molecule has 4 aromatic rings. The van der Waals surface area contributed by atoms with Gasteiger partial charge >= 0.3 is 0 Å². The van der Waals surface area contributed by atoms with Crippen molar-refractivity contribution in [2.45, 2.75) is 13.1 Å². The Morgan fingerprint density at radius 2 is 1.93 bits per heavy atom. The van der Waals surface area contributed by atoms with Gasteiger partial charge in [0.2, 0.25) is 0 Å². The first-order chi connectivity index (χ1) is 14.6. The van der Waals surface area contributed by atoms with Crippen molar-refractivity contribution < 1.29 is 9.53 Å². The number of thiophene rings is 1. The minimum atomic E-state index is -0.0571. The summed E-state index contributed by atoms with van der Waals surface area (Å²) in [5.74, 6) is 0.675. The predicted octanol–water partition coefficient (Wildman–Crippen LogP) is 4.94. The molecule has 0 aliphatic carbocycles. The van der Waals surface area contributed by atoms with Gasteiger partial charge in [0.05, 0.1) is 19.2 Å². The Labute approximate surface area is 180 Å². The highest BCUT2D eigenvalue weighted by molar-refractivity contribution is 7.07. The molecule has 4 rings (SSSR count). The van der Waals surface area contributed by atoms with Crippen molar-refractivity contribution in [1.82, 2.24) is 14.7 Å². The molecule has 0 spiro atoms. The number of benzene rings is 2. The molecule has 0 saturated heterocycles. The molecule has 2 heterocycles. The molecule has 0 fully saturated rings. The Balaban J connectivity index is 1.69. The van der Waals surface area contributed by atoms with Crippen LogP contribution in [-0.2, 0) is 13.1 Å². The molecular weight excluding hydrogens is 394 g/mol. The summed E-state index contributed by atoms with van der Waals surface area (Å²) in [6, 6.07) is 19.8. The third-order valence-corrected chi connectivity index (χ3v) is 5.60. The molecule has 0 bridgehead atoms. The first kappa shape index (κ1) is 19.9. The van der Waals surface area contributed by atoms with Gasteiger partial charge in [-0.05, 0) is 40.1 Å². The molecule has 0 N–H and O–H groups in total. The van der Waals surface area contributed by atoms with Gasteiger partial charge < -0.3 is 9.64 Å². The van der Waals surface area contributed by atoms with Crippen molar-refractivity contribution in [3.05, 3.63) is 94.3 Å². The predicted molar refractivity (Wildman–Crippen MR) is 120 cm³/mol. The normalized spacial score (nSPS) is 10.7. The monoisotopic (exact) mass is 417 g/mol. The highest BCUT2D eigenvalue weighted by Crippen LogP contribution is 2.27. The van der Waals surface area contributed by atoms with Crippen molar-refractivity contribution >= 4 is 17.2 Å². The third kappa shape index (κ3) is 4.44. The Morgan fingerprint density at radius 3 is 2.67 bits per heavy atom. The Bertz CT molecular complexity index is 1120. The second-order valence-electron chi connectivity index (χ2n) is 7.10. The summed E-state index contributed by atoms with van der Waals surface area (Å²) < 4.78 is 7.20. The second-order valence-corrected chi connectivity index (χ2v) is 7.88. The fraction of sp³-hybridized carbons (Fsp3) is 0.167. The molecule has 6 heteroatoms. The maximum absolute atomic E-state index is 13.3. The van der Waals surface area contributed by atoms with Gasteiger partial charge in [-0.15, -0.1) is 0 Å². The molecule has 2 aromatic heterocycles. The van der Waals surface area contributed by atoms with Gasteiger partial charge in [0.25, 0.3) is 5.91 Å². The number of carbonyl (C=O) groups is 1. The average molecular weight is 418 g/mol. The van der Waals surface area contributed by atoms with Crippen LogP contribution in [0.5, 0.6) is 5.75 Å². The van der Waals surface area contributed by atoms with Gasteiger partial charge in [0, 0.05) is 25.4 Å². The number of aromatic nitrogens is 2. The molecule has 30 heavy (non-hydrogen) atoms. The van der Waals surface area contributed by atoms with Crippen LogP contribution in [0.25, 0.3) is 11.3 Å². The van der Waals surface area contributed by atoms with Crippen LogP contribution in [0.1, 0.15) is 21.5 Å². The lowest BCUT2D eigenvalue weighted by atomic mass is 10.1. The number of amides is 1. The van der Waals surface area contributed by atoms with Crippen LogP contribution >= 0.6 is 11.3 Å². The fourth-order valence-electron chi connectivity index (χ4n) is 3.35. The van der Waals surface area contributed by atoms with Crippen molar-refractivity contribution in [2.24, 2.45) is 0 Å².